The van der Waals surface area contributed by atoms with Crippen LogP contribution in [0, 0.1) is 5.92 Å². The lowest BCUT2D eigenvalue weighted by Gasteiger charge is -2.31. The topological polar surface area (TPSA) is 75.4 Å². The molecule has 0 atom stereocenters. The molecule has 0 aliphatic rings. The van der Waals surface area contributed by atoms with Gasteiger partial charge in [-0.05, 0) is 43.0 Å². The van der Waals surface area contributed by atoms with E-state index in [0.29, 0.717) is 17.1 Å². The summed E-state index contributed by atoms with van der Waals surface area (Å²) in [5, 5.41) is 0. The summed E-state index contributed by atoms with van der Waals surface area (Å²) in [6.45, 7) is 8.65. The van der Waals surface area contributed by atoms with Crippen LogP contribution in [0.4, 0.5) is 5.69 Å². The van der Waals surface area contributed by atoms with Gasteiger partial charge >= 0.3 is 0 Å². The van der Waals surface area contributed by atoms with E-state index in [2.05, 4.69) is 5.43 Å². The molecule has 5 nitrogen and oxygen atoms in total. The fourth-order valence-corrected chi connectivity index (χ4v) is 4.29. The van der Waals surface area contributed by atoms with Crippen molar-refractivity contribution in [2.24, 2.45) is 11.8 Å². The Morgan fingerprint density at radius 3 is 2.05 bits per heavy atom. The summed E-state index contributed by atoms with van der Waals surface area (Å²) in [7, 11) is -3.48. The van der Waals surface area contributed by atoms with Gasteiger partial charge in [-0.3, -0.25) is 5.84 Å². The largest absolute Gasteiger partial charge is 0.324 e. The lowest BCUT2D eigenvalue weighted by atomic mass is 10.1. The average Bonchev–Trinajstić information content (AvgIpc) is 2.47. The second kappa shape index (κ2) is 7.77. The van der Waals surface area contributed by atoms with Crippen LogP contribution in [0.15, 0.2) is 29.2 Å². The monoisotopic (exact) mass is 313 g/mol. The molecule has 0 radical (unpaired) electrons. The number of hydrazine groups is 1. The Kier molecular flexibility index (Phi) is 6.64. The SMILES string of the molecule is CCC(CC)N(CC(C)C)S(=O)(=O)c1ccc(NN)cc1. The van der Waals surface area contributed by atoms with Crippen molar-refractivity contribution >= 4 is 15.7 Å². The fourth-order valence-electron chi connectivity index (χ4n) is 2.36. The third-order valence-electron chi connectivity index (χ3n) is 3.52. The summed E-state index contributed by atoms with van der Waals surface area (Å²) in [5.74, 6) is 5.60. The highest BCUT2D eigenvalue weighted by Gasteiger charge is 2.30. The molecule has 0 aromatic heterocycles. The maximum atomic E-state index is 12.9. The number of rotatable bonds is 8. The van der Waals surface area contributed by atoms with Gasteiger partial charge in [-0.15, -0.1) is 0 Å². The van der Waals surface area contributed by atoms with E-state index in [0.717, 1.165) is 12.8 Å². The number of hydrogen-bond donors (Lipinski definition) is 2. The molecule has 0 fully saturated rings. The van der Waals surface area contributed by atoms with Gasteiger partial charge in [0.1, 0.15) is 0 Å². The Morgan fingerprint density at radius 1 is 1.14 bits per heavy atom. The first-order valence-electron chi connectivity index (χ1n) is 7.45. The molecule has 120 valence electrons. The Balaban J connectivity index is 3.18. The van der Waals surface area contributed by atoms with Gasteiger partial charge in [0.05, 0.1) is 4.90 Å². The summed E-state index contributed by atoms with van der Waals surface area (Å²) >= 11 is 0. The van der Waals surface area contributed by atoms with E-state index in [4.69, 9.17) is 5.84 Å². The maximum absolute atomic E-state index is 12.9. The second-order valence-corrected chi connectivity index (χ2v) is 7.50. The van der Waals surface area contributed by atoms with Gasteiger partial charge in [0.15, 0.2) is 0 Å². The Morgan fingerprint density at radius 2 is 1.67 bits per heavy atom. The zero-order chi connectivity index (χ0) is 16.0. The van der Waals surface area contributed by atoms with Gasteiger partial charge in [-0.25, -0.2) is 8.42 Å². The molecule has 1 rings (SSSR count). The standard InChI is InChI=1S/C15H27N3O2S/c1-5-14(6-2)18(11-12(3)4)21(19,20)15-9-7-13(17-16)8-10-15/h7-10,12,14,17H,5-6,11,16H2,1-4H3. The van der Waals surface area contributed by atoms with Crippen molar-refractivity contribution in [2.45, 2.75) is 51.5 Å². The first-order chi connectivity index (χ1) is 9.86. The van der Waals surface area contributed by atoms with E-state index < -0.39 is 10.0 Å². The number of nitrogens with zero attached hydrogens (tertiary/aromatic N) is 1. The highest BCUT2D eigenvalue weighted by Crippen LogP contribution is 2.23. The number of benzene rings is 1. The molecule has 0 aliphatic carbocycles. The van der Waals surface area contributed by atoms with Gasteiger partial charge in [0.25, 0.3) is 0 Å². The van der Waals surface area contributed by atoms with Crippen LogP contribution in [0.5, 0.6) is 0 Å². The molecular formula is C15H27N3O2S. The number of nitrogens with two attached hydrogens (primary N) is 1. The zero-order valence-electron chi connectivity index (χ0n) is 13.3. The van der Waals surface area contributed by atoms with Crippen LogP contribution in [-0.4, -0.2) is 25.3 Å². The van der Waals surface area contributed by atoms with Crippen molar-refractivity contribution in [3.8, 4) is 0 Å². The van der Waals surface area contributed by atoms with E-state index in [-0.39, 0.29) is 12.0 Å². The number of sulfonamides is 1. The molecule has 3 N–H and O–H groups in total. The summed E-state index contributed by atoms with van der Waals surface area (Å²) in [6, 6.07) is 6.57. The van der Waals surface area contributed by atoms with Crippen LogP contribution in [0.2, 0.25) is 0 Å². The molecule has 0 saturated carbocycles. The molecule has 0 aliphatic heterocycles. The Bertz CT molecular complexity index is 522. The average molecular weight is 313 g/mol. The maximum Gasteiger partial charge on any atom is 0.243 e. The normalized spacial score (nSPS) is 12.4. The highest BCUT2D eigenvalue weighted by molar-refractivity contribution is 7.89. The predicted octanol–water partition coefficient (Wildman–Crippen LogP) is 2.81. The summed E-state index contributed by atoms with van der Waals surface area (Å²) in [5.41, 5.74) is 3.19. The number of anilines is 1. The molecule has 0 heterocycles. The van der Waals surface area contributed by atoms with Crippen molar-refractivity contribution in [1.29, 1.82) is 0 Å². The predicted molar refractivity (Wildman–Crippen MR) is 87.4 cm³/mol. The molecule has 1 aromatic rings. The minimum atomic E-state index is -3.48. The number of nitrogens with one attached hydrogen (secondary N) is 1. The quantitative estimate of drug-likeness (QED) is 0.571. The van der Waals surface area contributed by atoms with Gasteiger partial charge in [0, 0.05) is 18.3 Å². The van der Waals surface area contributed by atoms with Crippen molar-refractivity contribution < 1.29 is 8.42 Å². The van der Waals surface area contributed by atoms with Crippen molar-refractivity contribution in [2.75, 3.05) is 12.0 Å². The van der Waals surface area contributed by atoms with Crippen molar-refractivity contribution in [1.82, 2.24) is 4.31 Å². The number of nitrogen functional groups attached to an aromatic ring is 1. The van der Waals surface area contributed by atoms with Crippen molar-refractivity contribution in [3.63, 3.8) is 0 Å². The van der Waals surface area contributed by atoms with Gasteiger partial charge in [-0.1, -0.05) is 27.7 Å². The minimum absolute atomic E-state index is 0.0321. The van der Waals surface area contributed by atoms with Crippen LogP contribution in [0.1, 0.15) is 40.5 Å². The summed E-state index contributed by atoms with van der Waals surface area (Å²) in [6.07, 6.45) is 1.62. The molecule has 0 unspecified atom stereocenters. The first kappa shape index (κ1) is 17.9. The van der Waals surface area contributed by atoms with Crippen LogP contribution in [0.25, 0.3) is 0 Å². The van der Waals surface area contributed by atoms with Gasteiger partial charge in [0.2, 0.25) is 10.0 Å². The third-order valence-corrected chi connectivity index (χ3v) is 5.45. The van der Waals surface area contributed by atoms with E-state index in [9.17, 15) is 8.42 Å². The third kappa shape index (κ3) is 4.43. The first-order valence-corrected chi connectivity index (χ1v) is 8.89. The highest BCUT2D eigenvalue weighted by atomic mass is 32.2. The van der Waals surface area contributed by atoms with Gasteiger partial charge < -0.3 is 5.43 Å². The Hall–Kier alpha value is -1.11. The molecule has 21 heavy (non-hydrogen) atoms. The number of hydrogen-bond acceptors (Lipinski definition) is 4. The van der Waals surface area contributed by atoms with E-state index in [1.54, 1.807) is 28.6 Å². The summed E-state index contributed by atoms with van der Waals surface area (Å²) < 4.78 is 27.4. The van der Waals surface area contributed by atoms with Crippen LogP contribution < -0.4 is 11.3 Å². The molecule has 6 heteroatoms. The van der Waals surface area contributed by atoms with Crippen LogP contribution in [-0.2, 0) is 10.0 Å². The second-order valence-electron chi connectivity index (χ2n) is 5.61. The smallest absolute Gasteiger partial charge is 0.243 e. The zero-order valence-corrected chi connectivity index (χ0v) is 14.2. The van der Waals surface area contributed by atoms with Crippen LogP contribution in [0.3, 0.4) is 0 Å². The van der Waals surface area contributed by atoms with E-state index in [1.165, 1.54) is 0 Å². The molecular weight excluding hydrogens is 286 g/mol. The molecule has 1 aromatic carbocycles. The van der Waals surface area contributed by atoms with E-state index in [1.807, 2.05) is 27.7 Å². The van der Waals surface area contributed by atoms with E-state index >= 15 is 0 Å². The minimum Gasteiger partial charge on any atom is -0.324 e. The molecule has 0 bridgehead atoms. The molecule has 0 amide bonds. The lowest BCUT2D eigenvalue weighted by Crippen LogP contribution is -2.41. The summed E-state index contributed by atoms with van der Waals surface area (Å²) in [4.78, 5) is 0.314. The molecule has 0 spiro atoms. The Labute approximate surface area is 128 Å². The lowest BCUT2D eigenvalue weighted by molar-refractivity contribution is 0.277. The van der Waals surface area contributed by atoms with Gasteiger partial charge in [-0.2, -0.15) is 4.31 Å². The fraction of sp³-hybridized carbons (Fsp3) is 0.600. The molecule has 0 saturated heterocycles. The van der Waals surface area contributed by atoms with Crippen LogP contribution >= 0.6 is 0 Å². The van der Waals surface area contributed by atoms with Crippen molar-refractivity contribution in [3.05, 3.63) is 24.3 Å².